The van der Waals surface area contributed by atoms with Crippen molar-refractivity contribution in [2.75, 3.05) is 11.9 Å². The van der Waals surface area contributed by atoms with Crippen LogP contribution >= 0.6 is 15.9 Å². The topological polar surface area (TPSA) is 42.4 Å². The molecule has 0 saturated carbocycles. The van der Waals surface area contributed by atoms with Gasteiger partial charge < -0.3 is 15.1 Å². The van der Waals surface area contributed by atoms with E-state index in [0.717, 1.165) is 33.8 Å². The molecule has 0 spiro atoms. The molecule has 0 amide bonds. The smallest absolute Gasteiger partial charge is 0.123 e. The minimum atomic E-state index is 0.0448. The van der Waals surface area contributed by atoms with Crippen LogP contribution < -0.4 is 10.6 Å². The summed E-state index contributed by atoms with van der Waals surface area (Å²) in [5.41, 5.74) is 8.13. The second kappa shape index (κ2) is 5.80. The summed E-state index contributed by atoms with van der Waals surface area (Å²) >= 11 is 3.61. The summed E-state index contributed by atoms with van der Waals surface area (Å²) in [5, 5.41) is 0. The number of nitrogens with two attached hydrogens (primary N) is 1. The molecule has 1 aromatic heterocycles. The van der Waals surface area contributed by atoms with Crippen molar-refractivity contribution in [1.29, 1.82) is 0 Å². The van der Waals surface area contributed by atoms with Crippen LogP contribution in [0.25, 0.3) is 0 Å². The first-order chi connectivity index (χ1) is 8.97. The third-order valence-electron chi connectivity index (χ3n) is 3.10. The molecule has 0 aliphatic rings. The predicted molar refractivity (Wildman–Crippen MR) is 82.3 cm³/mol. The molecule has 1 heterocycles. The van der Waals surface area contributed by atoms with Gasteiger partial charge in [-0.25, -0.2) is 0 Å². The summed E-state index contributed by atoms with van der Waals surface area (Å²) in [4.78, 5) is 2.15. The number of anilines is 1. The monoisotopic (exact) mass is 322 g/mol. The quantitative estimate of drug-likeness (QED) is 0.924. The Hall–Kier alpha value is -1.26. The summed E-state index contributed by atoms with van der Waals surface area (Å²) in [6.07, 6.45) is 0. The van der Waals surface area contributed by atoms with E-state index in [1.54, 1.807) is 0 Å². The maximum Gasteiger partial charge on any atom is 0.123 e. The Balaban J connectivity index is 2.17. The lowest BCUT2D eigenvalue weighted by molar-refractivity contribution is 0.481. The molecule has 0 radical (unpaired) electrons. The minimum Gasteiger partial charge on any atom is -0.464 e. The second-order valence-electron chi connectivity index (χ2n) is 4.87. The highest BCUT2D eigenvalue weighted by molar-refractivity contribution is 9.10. The largest absolute Gasteiger partial charge is 0.464 e. The molecule has 0 fully saturated rings. The van der Waals surface area contributed by atoms with E-state index in [0.29, 0.717) is 0 Å². The van der Waals surface area contributed by atoms with E-state index in [1.807, 2.05) is 33.0 Å². The first kappa shape index (κ1) is 14.2. The lowest BCUT2D eigenvalue weighted by Gasteiger charge is -2.20. The SMILES string of the molecule is Cc1ccc(CN(C)c2ccc([C@H](C)N)cc2Br)o1. The van der Waals surface area contributed by atoms with E-state index >= 15 is 0 Å². The second-order valence-corrected chi connectivity index (χ2v) is 5.72. The van der Waals surface area contributed by atoms with Crippen LogP contribution in [-0.2, 0) is 6.54 Å². The van der Waals surface area contributed by atoms with E-state index in [4.69, 9.17) is 10.2 Å². The van der Waals surface area contributed by atoms with Gasteiger partial charge in [0.1, 0.15) is 11.5 Å². The van der Waals surface area contributed by atoms with Crippen LogP contribution in [0.3, 0.4) is 0 Å². The van der Waals surface area contributed by atoms with Crippen molar-refractivity contribution in [2.24, 2.45) is 5.73 Å². The van der Waals surface area contributed by atoms with Gasteiger partial charge in [0.15, 0.2) is 0 Å². The zero-order valence-electron chi connectivity index (χ0n) is 11.5. The summed E-state index contributed by atoms with van der Waals surface area (Å²) in [5.74, 6) is 1.90. The number of aryl methyl sites for hydroxylation is 1. The van der Waals surface area contributed by atoms with Crippen LogP contribution in [0.5, 0.6) is 0 Å². The van der Waals surface area contributed by atoms with Crippen LogP contribution in [0.4, 0.5) is 5.69 Å². The average Bonchev–Trinajstić information content (AvgIpc) is 2.74. The third kappa shape index (κ3) is 3.39. The normalized spacial score (nSPS) is 12.5. The molecule has 2 rings (SSSR count). The van der Waals surface area contributed by atoms with Crippen LogP contribution in [0.15, 0.2) is 39.2 Å². The maximum absolute atomic E-state index is 5.89. The summed E-state index contributed by atoms with van der Waals surface area (Å²) < 4.78 is 6.65. The van der Waals surface area contributed by atoms with E-state index in [9.17, 15) is 0 Å². The molecular formula is C15H19BrN2O. The van der Waals surface area contributed by atoms with Gasteiger partial charge in [-0.3, -0.25) is 0 Å². The Morgan fingerprint density at radius 3 is 2.58 bits per heavy atom. The summed E-state index contributed by atoms with van der Waals surface area (Å²) in [6, 6.07) is 10.3. The number of benzene rings is 1. The molecule has 4 heteroatoms. The van der Waals surface area contributed by atoms with Crippen LogP contribution in [0.2, 0.25) is 0 Å². The van der Waals surface area contributed by atoms with E-state index < -0.39 is 0 Å². The number of rotatable bonds is 4. The molecule has 2 aromatic rings. The first-order valence-corrected chi connectivity index (χ1v) is 7.08. The Kier molecular flexibility index (Phi) is 4.32. The number of hydrogen-bond donors (Lipinski definition) is 1. The van der Waals surface area contributed by atoms with Crippen LogP contribution in [0, 0.1) is 6.92 Å². The molecule has 0 aliphatic carbocycles. The van der Waals surface area contributed by atoms with Gasteiger partial charge in [0.25, 0.3) is 0 Å². The Labute approximate surface area is 122 Å². The molecule has 0 bridgehead atoms. The molecule has 1 atom stereocenters. The number of nitrogens with zero attached hydrogens (tertiary/aromatic N) is 1. The Morgan fingerprint density at radius 2 is 2.05 bits per heavy atom. The zero-order valence-corrected chi connectivity index (χ0v) is 13.1. The molecule has 3 nitrogen and oxygen atoms in total. The third-order valence-corrected chi connectivity index (χ3v) is 3.73. The lowest BCUT2D eigenvalue weighted by atomic mass is 10.1. The fraction of sp³-hybridized carbons (Fsp3) is 0.333. The highest BCUT2D eigenvalue weighted by atomic mass is 79.9. The summed E-state index contributed by atoms with van der Waals surface area (Å²) in [7, 11) is 2.05. The Bertz CT molecular complexity index is 563. The van der Waals surface area contributed by atoms with Gasteiger partial charge in [-0.2, -0.15) is 0 Å². The Morgan fingerprint density at radius 1 is 1.32 bits per heavy atom. The van der Waals surface area contributed by atoms with E-state index in [1.165, 1.54) is 0 Å². The van der Waals surface area contributed by atoms with Gasteiger partial charge in [0.05, 0.1) is 12.2 Å². The molecule has 0 aliphatic heterocycles. The van der Waals surface area contributed by atoms with Crippen molar-refractivity contribution in [3.8, 4) is 0 Å². The maximum atomic E-state index is 5.89. The van der Waals surface area contributed by atoms with Crippen molar-refractivity contribution in [3.05, 3.63) is 51.9 Å². The molecule has 0 unspecified atom stereocenters. The number of halogens is 1. The standard InChI is InChI=1S/C15H19BrN2O/c1-10-4-6-13(19-10)9-18(3)15-7-5-12(11(2)17)8-14(15)16/h4-8,11H,9,17H2,1-3H3/t11-/m0/s1. The molecule has 19 heavy (non-hydrogen) atoms. The number of hydrogen-bond acceptors (Lipinski definition) is 3. The van der Waals surface area contributed by atoms with E-state index in [2.05, 4.69) is 39.0 Å². The van der Waals surface area contributed by atoms with Crippen molar-refractivity contribution in [1.82, 2.24) is 0 Å². The molecule has 2 N–H and O–H groups in total. The van der Waals surface area contributed by atoms with Crippen molar-refractivity contribution in [3.63, 3.8) is 0 Å². The van der Waals surface area contributed by atoms with Gasteiger partial charge in [-0.05, 0) is 59.6 Å². The van der Waals surface area contributed by atoms with Crippen molar-refractivity contribution in [2.45, 2.75) is 26.4 Å². The number of furan rings is 1. The summed E-state index contributed by atoms with van der Waals surface area (Å²) in [6.45, 7) is 4.68. The molecule has 1 aromatic carbocycles. The molecule has 0 saturated heterocycles. The highest BCUT2D eigenvalue weighted by Crippen LogP contribution is 2.29. The highest BCUT2D eigenvalue weighted by Gasteiger charge is 2.10. The van der Waals surface area contributed by atoms with Gasteiger partial charge in [-0.15, -0.1) is 0 Å². The van der Waals surface area contributed by atoms with E-state index in [-0.39, 0.29) is 6.04 Å². The fourth-order valence-corrected chi connectivity index (χ4v) is 2.70. The average molecular weight is 323 g/mol. The van der Waals surface area contributed by atoms with Gasteiger partial charge in [0.2, 0.25) is 0 Å². The van der Waals surface area contributed by atoms with Gasteiger partial charge >= 0.3 is 0 Å². The van der Waals surface area contributed by atoms with Gasteiger partial charge in [-0.1, -0.05) is 6.07 Å². The van der Waals surface area contributed by atoms with Crippen molar-refractivity contribution < 1.29 is 4.42 Å². The molecular weight excluding hydrogens is 304 g/mol. The molecule has 102 valence electrons. The van der Waals surface area contributed by atoms with Crippen molar-refractivity contribution >= 4 is 21.6 Å². The zero-order chi connectivity index (χ0) is 14.0. The lowest BCUT2D eigenvalue weighted by Crippen LogP contribution is -2.16. The van der Waals surface area contributed by atoms with Crippen LogP contribution in [-0.4, -0.2) is 7.05 Å². The fourth-order valence-electron chi connectivity index (χ4n) is 2.00. The van der Waals surface area contributed by atoms with Crippen LogP contribution in [0.1, 0.15) is 30.0 Å². The van der Waals surface area contributed by atoms with Gasteiger partial charge in [0, 0.05) is 17.6 Å². The predicted octanol–water partition coefficient (Wildman–Crippen LogP) is 4.01. The minimum absolute atomic E-state index is 0.0448. The first-order valence-electron chi connectivity index (χ1n) is 6.29.